The minimum atomic E-state index is -1.16. The van der Waals surface area contributed by atoms with Crippen LogP contribution in [0.25, 0.3) is 0 Å². The summed E-state index contributed by atoms with van der Waals surface area (Å²) in [5, 5.41) is 22.1. The second kappa shape index (κ2) is 7.29. The Bertz CT molecular complexity index is 733. The van der Waals surface area contributed by atoms with Crippen LogP contribution in [0.15, 0.2) is 18.2 Å². The molecule has 0 aliphatic carbocycles. The number of aryl methyl sites for hydroxylation is 1. The Labute approximate surface area is 143 Å². The number of hydrogen-bond donors (Lipinski definition) is 2. The molecule has 1 aliphatic rings. The maximum absolute atomic E-state index is 12.7. The second-order valence-electron chi connectivity index (χ2n) is 5.98. The Hall–Kier alpha value is -2.97. The summed E-state index contributed by atoms with van der Waals surface area (Å²) in [4.78, 5) is 47.5. The van der Waals surface area contributed by atoms with Gasteiger partial charge in [-0.05, 0) is 38.8 Å². The number of carboxylic acid groups (broad SMARTS) is 1. The van der Waals surface area contributed by atoms with Gasteiger partial charge < -0.3 is 15.3 Å². The first-order valence-electron chi connectivity index (χ1n) is 7.81. The molecule has 9 nitrogen and oxygen atoms in total. The first kappa shape index (κ1) is 18.4. The summed E-state index contributed by atoms with van der Waals surface area (Å²) in [5.41, 5.74) is 0.534. The van der Waals surface area contributed by atoms with E-state index in [4.69, 9.17) is 5.11 Å². The molecule has 0 bridgehead atoms. The molecule has 2 N–H and O–H groups in total. The van der Waals surface area contributed by atoms with Gasteiger partial charge in [-0.1, -0.05) is 0 Å². The van der Waals surface area contributed by atoms with Gasteiger partial charge >= 0.3 is 5.97 Å². The largest absolute Gasteiger partial charge is 0.480 e. The Morgan fingerprint density at radius 1 is 1.40 bits per heavy atom. The van der Waals surface area contributed by atoms with Crippen molar-refractivity contribution in [1.82, 2.24) is 10.2 Å². The number of nitrogens with one attached hydrogen (secondary N) is 1. The van der Waals surface area contributed by atoms with Gasteiger partial charge in [0.15, 0.2) is 0 Å². The molecule has 0 saturated carbocycles. The number of carbonyl (C=O) groups is 3. The topological polar surface area (TPSA) is 130 Å². The van der Waals surface area contributed by atoms with Crippen LogP contribution in [0, 0.1) is 17.0 Å². The van der Waals surface area contributed by atoms with Crippen molar-refractivity contribution in [2.75, 3.05) is 6.54 Å². The van der Waals surface area contributed by atoms with Gasteiger partial charge in [0.05, 0.1) is 4.92 Å². The predicted octanol–water partition coefficient (Wildman–Crippen LogP) is 1.10. The second-order valence-corrected chi connectivity index (χ2v) is 5.98. The fourth-order valence-corrected chi connectivity index (χ4v) is 2.81. The number of nitrogens with zero attached hydrogens (tertiary/aromatic N) is 2. The van der Waals surface area contributed by atoms with Crippen LogP contribution in [0.4, 0.5) is 5.69 Å². The normalized spacial score (nSPS) is 17.8. The van der Waals surface area contributed by atoms with Gasteiger partial charge in [0, 0.05) is 23.7 Å². The quantitative estimate of drug-likeness (QED) is 0.605. The highest BCUT2D eigenvalue weighted by molar-refractivity contribution is 5.98. The van der Waals surface area contributed by atoms with Gasteiger partial charge in [-0.25, -0.2) is 0 Å². The molecule has 134 valence electrons. The van der Waals surface area contributed by atoms with Gasteiger partial charge in [-0.2, -0.15) is 0 Å². The fraction of sp³-hybridized carbons (Fsp3) is 0.438. The fourth-order valence-electron chi connectivity index (χ4n) is 2.81. The Morgan fingerprint density at radius 3 is 2.64 bits per heavy atom. The Balaban J connectivity index is 2.17. The molecule has 0 radical (unpaired) electrons. The van der Waals surface area contributed by atoms with Crippen LogP contribution in [-0.2, 0) is 9.59 Å². The number of hydrogen-bond acceptors (Lipinski definition) is 5. The molecular weight excluding hydrogens is 330 g/mol. The Kier molecular flexibility index (Phi) is 5.35. The van der Waals surface area contributed by atoms with E-state index in [0.29, 0.717) is 24.9 Å². The van der Waals surface area contributed by atoms with Crippen molar-refractivity contribution >= 4 is 23.5 Å². The highest BCUT2D eigenvalue weighted by Gasteiger charge is 2.35. The molecule has 1 saturated heterocycles. The van der Waals surface area contributed by atoms with Crippen LogP contribution in [0.3, 0.4) is 0 Å². The number of nitro benzene ring substituents is 1. The molecule has 1 heterocycles. The number of amides is 2. The summed E-state index contributed by atoms with van der Waals surface area (Å²) >= 11 is 0. The lowest BCUT2D eigenvalue weighted by molar-refractivity contribution is -0.385. The molecule has 1 aromatic carbocycles. The number of rotatable bonds is 5. The van der Waals surface area contributed by atoms with Crippen molar-refractivity contribution in [2.45, 2.75) is 38.8 Å². The maximum Gasteiger partial charge on any atom is 0.325 e. The van der Waals surface area contributed by atoms with Crippen LogP contribution < -0.4 is 5.32 Å². The highest BCUT2D eigenvalue weighted by Crippen LogP contribution is 2.24. The van der Waals surface area contributed by atoms with E-state index < -0.39 is 34.8 Å². The van der Waals surface area contributed by atoms with Crippen molar-refractivity contribution in [3.8, 4) is 0 Å². The van der Waals surface area contributed by atoms with E-state index in [1.54, 1.807) is 0 Å². The molecule has 1 aromatic rings. The third-order valence-electron chi connectivity index (χ3n) is 4.19. The van der Waals surface area contributed by atoms with E-state index in [1.807, 2.05) is 0 Å². The summed E-state index contributed by atoms with van der Waals surface area (Å²) in [7, 11) is 0. The Morgan fingerprint density at radius 2 is 2.08 bits per heavy atom. The van der Waals surface area contributed by atoms with Crippen molar-refractivity contribution in [3.63, 3.8) is 0 Å². The van der Waals surface area contributed by atoms with Crippen LogP contribution in [0.2, 0.25) is 0 Å². The van der Waals surface area contributed by atoms with E-state index in [-0.39, 0.29) is 11.3 Å². The zero-order chi connectivity index (χ0) is 18.7. The summed E-state index contributed by atoms with van der Waals surface area (Å²) in [5.74, 6) is -2.08. The summed E-state index contributed by atoms with van der Waals surface area (Å²) < 4.78 is 0. The van der Waals surface area contributed by atoms with Crippen molar-refractivity contribution < 1.29 is 24.4 Å². The van der Waals surface area contributed by atoms with Gasteiger partial charge in [-0.15, -0.1) is 0 Å². The van der Waals surface area contributed by atoms with Crippen molar-refractivity contribution in [2.24, 2.45) is 0 Å². The molecule has 0 spiro atoms. The molecule has 1 fully saturated rings. The van der Waals surface area contributed by atoms with Crippen molar-refractivity contribution in [3.05, 3.63) is 39.4 Å². The average Bonchev–Trinajstić information content (AvgIpc) is 3.03. The average molecular weight is 349 g/mol. The maximum atomic E-state index is 12.7. The first-order chi connectivity index (χ1) is 11.7. The smallest absolute Gasteiger partial charge is 0.325 e. The van der Waals surface area contributed by atoms with Gasteiger partial charge in [0.1, 0.15) is 12.1 Å². The summed E-state index contributed by atoms with van der Waals surface area (Å²) in [6.45, 7) is 3.26. The van der Waals surface area contributed by atoms with Crippen molar-refractivity contribution in [1.29, 1.82) is 0 Å². The van der Waals surface area contributed by atoms with E-state index >= 15 is 0 Å². The molecule has 2 atom stereocenters. The van der Waals surface area contributed by atoms with Crippen LogP contribution in [-0.4, -0.2) is 51.3 Å². The molecule has 9 heteroatoms. The van der Waals surface area contributed by atoms with E-state index in [2.05, 4.69) is 5.32 Å². The lowest BCUT2D eigenvalue weighted by Crippen LogP contribution is -2.50. The van der Waals surface area contributed by atoms with Gasteiger partial charge in [-0.3, -0.25) is 24.5 Å². The monoisotopic (exact) mass is 349 g/mol. The number of likely N-dealkylation sites (tertiary alicyclic amines) is 1. The molecule has 0 aromatic heterocycles. The minimum Gasteiger partial charge on any atom is -0.480 e. The molecule has 1 unspecified atom stereocenters. The minimum absolute atomic E-state index is 0.0810. The molecule has 2 rings (SSSR count). The lowest BCUT2D eigenvalue weighted by Gasteiger charge is -2.25. The highest BCUT2D eigenvalue weighted by atomic mass is 16.6. The molecular formula is C16H19N3O6. The number of nitro groups is 1. The van der Waals surface area contributed by atoms with E-state index in [9.17, 15) is 24.5 Å². The van der Waals surface area contributed by atoms with Crippen LogP contribution in [0.1, 0.15) is 35.7 Å². The van der Waals surface area contributed by atoms with E-state index in [1.165, 1.54) is 36.9 Å². The third kappa shape index (κ3) is 3.93. The zero-order valence-corrected chi connectivity index (χ0v) is 13.9. The predicted molar refractivity (Wildman–Crippen MR) is 87.1 cm³/mol. The molecule has 2 amide bonds. The molecule has 1 aliphatic heterocycles. The number of carbonyl (C=O) groups excluding carboxylic acids is 2. The lowest BCUT2D eigenvalue weighted by atomic mass is 10.1. The van der Waals surface area contributed by atoms with E-state index in [0.717, 1.165) is 0 Å². The van der Waals surface area contributed by atoms with Crippen LogP contribution in [0.5, 0.6) is 0 Å². The van der Waals surface area contributed by atoms with Gasteiger partial charge in [0.2, 0.25) is 5.91 Å². The standard InChI is InChI=1S/C16H19N3O6/c1-9-8-11(5-6-12(9)19(24)25)15(21)18-7-3-4-13(18)14(20)17-10(2)16(22)23/h5-6,8,10,13H,3-4,7H2,1-2H3,(H,17,20)(H,22,23)/t10-,13?/m0/s1. The summed E-state index contributed by atoms with van der Waals surface area (Å²) in [6, 6.07) is 2.26. The number of aliphatic carboxylic acids is 1. The number of benzene rings is 1. The molecule has 25 heavy (non-hydrogen) atoms. The third-order valence-corrected chi connectivity index (χ3v) is 4.19. The zero-order valence-electron chi connectivity index (χ0n) is 13.9. The van der Waals surface area contributed by atoms with Gasteiger partial charge in [0.25, 0.3) is 11.6 Å². The SMILES string of the molecule is Cc1cc(C(=O)N2CCCC2C(=O)N[C@@H](C)C(=O)O)ccc1[N+](=O)[O-]. The number of carboxylic acids is 1. The first-order valence-corrected chi connectivity index (χ1v) is 7.81. The summed E-state index contributed by atoms with van der Waals surface area (Å²) in [6.07, 6.45) is 1.06. The van der Waals surface area contributed by atoms with Crippen LogP contribution >= 0.6 is 0 Å².